The molecule has 30 heavy (non-hydrogen) atoms. The first-order chi connectivity index (χ1) is 14.2. The highest BCUT2D eigenvalue weighted by molar-refractivity contribution is 5.91. The Morgan fingerprint density at radius 3 is 2.33 bits per heavy atom. The fourth-order valence-corrected chi connectivity index (χ4v) is 2.96. The van der Waals surface area contributed by atoms with Crippen LogP contribution < -0.4 is 5.32 Å². The molecule has 1 aromatic carbocycles. The summed E-state index contributed by atoms with van der Waals surface area (Å²) in [6.07, 6.45) is 6.68. The number of carbonyl (C=O) groups is 1. The first-order valence-corrected chi connectivity index (χ1v) is 10.1. The van der Waals surface area contributed by atoms with Crippen molar-refractivity contribution in [2.75, 3.05) is 0 Å². The maximum atomic E-state index is 12.5. The second-order valence-electron chi connectivity index (χ2n) is 8.63. The van der Waals surface area contributed by atoms with Crippen molar-refractivity contribution in [1.82, 2.24) is 20.4 Å². The summed E-state index contributed by atoms with van der Waals surface area (Å²) in [7, 11) is 0. The normalized spacial score (nSPS) is 13.0. The first kappa shape index (κ1) is 21.4. The Bertz CT molecular complexity index is 1000. The molecule has 1 N–H and O–H groups in total. The summed E-state index contributed by atoms with van der Waals surface area (Å²) in [6, 6.07) is 11.5. The van der Waals surface area contributed by atoms with E-state index < -0.39 is 0 Å². The molecular formula is C24H28N4O2. The lowest BCUT2D eigenvalue weighted by Crippen LogP contribution is -2.30. The van der Waals surface area contributed by atoms with Crippen molar-refractivity contribution in [2.24, 2.45) is 5.92 Å². The number of nitrogens with one attached hydrogen (secondary N) is 1. The predicted molar refractivity (Wildman–Crippen MR) is 117 cm³/mol. The smallest absolute Gasteiger partial charge is 0.249 e. The third-order valence-electron chi connectivity index (χ3n) is 4.81. The minimum atomic E-state index is -0.381. The van der Waals surface area contributed by atoms with Crippen molar-refractivity contribution >= 4 is 12.0 Å². The fourth-order valence-electron chi connectivity index (χ4n) is 2.96. The van der Waals surface area contributed by atoms with E-state index in [1.807, 2.05) is 38.1 Å². The minimum Gasteiger partial charge on any atom is -0.340 e. The standard InChI is InChI=1S/C24H28N4O2/c1-16(2)21(23-27-22(28-30-23)18-12-14-25-15-13-18)26-20(29)11-8-17-6-9-19(10-7-17)24(3,4)5/h6-16,21H,1-5H3,(H,26,29)/b11-8+. The van der Waals surface area contributed by atoms with E-state index in [0.29, 0.717) is 11.7 Å². The van der Waals surface area contributed by atoms with Crippen LogP contribution in [0.1, 0.15) is 57.7 Å². The number of rotatable bonds is 6. The zero-order chi connectivity index (χ0) is 21.7. The Balaban J connectivity index is 1.69. The maximum Gasteiger partial charge on any atom is 0.249 e. The summed E-state index contributed by atoms with van der Waals surface area (Å²) in [4.78, 5) is 21.0. The summed E-state index contributed by atoms with van der Waals surface area (Å²) in [5.74, 6) is 0.728. The lowest BCUT2D eigenvalue weighted by atomic mass is 9.87. The molecule has 1 amide bonds. The van der Waals surface area contributed by atoms with Gasteiger partial charge in [-0.1, -0.05) is 64.0 Å². The molecule has 0 saturated carbocycles. The van der Waals surface area contributed by atoms with Crippen LogP contribution in [0.2, 0.25) is 0 Å². The molecule has 0 spiro atoms. The van der Waals surface area contributed by atoms with E-state index in [-0.39, 0.29) is 23.3 Å². The van der Waals surface area contributed by atoms with Gasteiger partial charge in [-0.15, -0.1) is 0 Å². The van der Waals surface area contributed by atoms with Crippen molar-refractivity contribution in [3.8, 4) is 11.4 Å². The Kier molecular flexibility index (Phi) is 6.45. The van der Waals surface area contributed by atoms with Gasteiger partial charge in [-0.2, -0.15) is 4.98 Å². The lowest BCUT2D eigenvalue weighted by molar-refractivity contribution is -0.117. The van der Waals surface area contributed by atoms with Gasteiger partial charge >= 0.3 is 0 Å². The summed E-state index contributed by atoms with van der Waals surface area (Å²) in [6.45, 7) is 10.5. The SMILES string of the molecule is CC(C)C(NC(=O)/C=C/c1ccc(C(C)(C)C)cc1)c1nc(-c2ccncc2)no1. The lowest BCUT2D eigenvalue weighted by Gasteiger charge is -2.18. The molecule has 156 valence electrons. The summed E-state index contributed by atoms with van der Waals surface area (Å²) < 4.78 is 5.43. The highest BCUT2D eigenvalue weighted by Gasteiger charge is 2.24. The van der Waals surface area contributed by atoms with E-state index in [0.717, 1.165) is 11.1 Å². The number of hydrogen-bond donors (Lipinski definition) is 1. The van der Waals surface area contributed by atoms with Gasteiger partial charge in [0.25, 0.3) is 0 Å². The molecule has 0 saturated heterocycles. The average Bonchev–Trinajstić information content (AvgIpc) is 3.20. The van der Waals surface area contributed by atoms with Gasteiger partial charge in [0.1, 0.15) is 6.04 Å². The van der Waals surface area contributed by atoms with E-state index in [1.165, 1.54) is 11.6 Å². The molecule has 3 aromatic rings. The minimum absolute atomic E-state index is 0.0826. The van der Waals surface area contributed by atoms with E-state index in [9.17, 15) is 4.79 Å². The van der Waals surface area contributed by atoms with Crippen LogP contribution in [0.25, 0.3) is 17.5 Å². The van der Waals surface area contributed by atoms with Crippen molar-refractivity contribution in [3.63, 3.8) is 0 Å². The summed E-state index contributed by atoms with van der Waals surface area (Å²) >= 11 is 0. The molecule has 2 aromatic heterocycles. The van der Waals surface area contributed by atoms with E-state index in [1.54, 1.807) is 18.5 Å². The number of hydrogen-bond acceptors (Lipinski definition) is 5. The fraction of sp³-hybridized carbons (Fsp3) is 0.333. The molecule has 0 aliphatic carbocycles. The molecular weight excluding hydrogens is 376 g/mol. The van der Waals surface area contributed by atoms with Crippen molar-refractivity contribution < 1.29 is 9.32 Å². The third kappa shape index (κ3) is 5.41. The number of aromatic nitrogens is 3. The predicted octanol–water partition coefficient (Wildman–Crippen LogP) is 4.96. The van der Waals surface area contributed by atoms with E-state index in [4.69, 9.17) is 4.52 Å². The van der Waals surface area contributed by atoms with Crippen molar-refractivity contribution in [1.29, 1.82) is 0 Å². The number of nitrogens with zero attached hydrogens (tertiary/aromatic N) is 3. The van der Waals surface area contributed by atoms with E-state index in [2.05, 4.69) is 53.3 Å². The van der Waals surface area contributed by atoms with Gasteiger partial charge in [-0.25, -0.2) is 0 Å². The molecule has 0 aliphatic rings. The Morgan fingerprint density at radius 2 is 1.73 bits per heavy atom. The van der Waals surface area contributed by atoms with Crippen LogP contribution in [-0.2, 0) is 10.2 Å². The van der Waals surface area contributed by atoms with Crippen molar-refractivity contribution in [3.05, 3.63) is 71.9 Å². The highest BCUT2D eigenvalue weighted by atomic mass is 16.5. The van der Waals surface area contributed by atoms with Gasteiger partial charge < -0.3 is 9.84 Å². The maximum absolute atomic E-state index is 12.5. The van der Waals surface area contributed by atoms with Gasteiger partial charge in [-0.3, -0.25) is 9.78 Å². The molecule has 0 aliphatic heterocycles. The zero-order valence-corrected chi connectivity index (χ0v) is 18.1. The Morgan fingerprint density at radius 1 is 1.07 bits per heavy atom. The summed E-state index contributed by atoms with van der Waals surface area (Å²) in [5, 5.41) is 7.00. The van der Waals surface area contributed by atoms with Crippen LogP contribution in [0.15, 0.2) is 59.4 Å². The quantitative estimate of drug-likeness (QED) is 0.588. The van der Waals surface area contributed by atoms with Gasteiger partial charge in [0.2, 0.25) is 17.6 Å². The van der Waals surface area contributed by atoms with Gasteiger partial charge in [0.05, 0.1) is 0 Å². The Labute approximate surface area is 177 Å². The number of amides is 1. The van der Waals surface area contributed by atoms with Crippen molar-refractivity contribution in [2.45, 2.75) is 46.1 Å². The Hall–Kier alpha value is -3.28. The largest absolute Gasteiger partial charge is 0.340 e. The zero-order valence-electron chi connectivity index (χ0n) is 18.1. The molecule has 1 atom stereocenters. The molecule has 6 nitrogen and oxygen atoms in total. The topological polar surface area (TPSA) is 80.9 Å². The summed E-state index contributed by atoms with van der Waals surface area (Å²) in [5.41, 5.74) is 3.14. The highest BCUT2D eigenvalue weighted by Crippen LogP contribution is 2.24. The van der Waals surface area contributed by atoms with Crippen LogP contribution in [0.5, 0.6) is 0 Å². The molecule has 1 unspecified atom stereocenters. The third-order valence-corrected chi connectivity index (χ3v) is 4.81. The second kappa shape index (κ2) is 9.03. The second-order valence-corrected chi connectivity index (χ2v) is 8.63. The number of benzene rings is 1. The van der Waals surface area contributed by atoms with Gasteiger partial charge in [-0.05, 0) is 40.7 Å². The monoisotopic (exact) mass is 404 g/mol. The first-order valence-electron chi connectivity index (χ1n) is 10.1. The number of carbonyl (C=O) groups excluding carboxylic acids is 1. The molecule has 0 radical (unpaired) electrons. The van der Waals surface area contributed by atoms with Crippen LogP contribution in [0.4, 0.5) is 0 Å². The molecule has 0 bridgehead atoms. The van der Waals surface area contributed by atoms with Gasteiger partial charge in [0, 0.05) is 24.0 Å². The van der Waals surface area contributed by atoms with Crippen LogP contribution in [-0.4, -0.2) is 21.0 Å². The van der Waals surface area contributed by atoms with Crippen LogP contribution >= 0.6 is 0 Å². The van der Waals surface area contributed by atoms with Crippen LogP contribution in [0.3, 0.4) is 0 Å². The van der Waals surface area contributed by atoms with Gasteiger partial charge in [0.15, 0.2) is 0 Å². The molecule has 2 heterocycles. The van der Waals surface area contributed by atoms with Crippen LogP contribution in [0, 0.1) is 5.92 Å². The number of pyridine rings is 1. The van der Waals surface area contributed by atoms with E-state index >= 15 is 0 Å². The molecule has 6 heteroatoms. The molecule has 3 rings (SSSR count). The molecule has 0 fully saturated rings. The average molecular weight is 405 g/mol.